The molecule has 0 spiro atoms. The number of rotatable bonds is 2. The molecule has 0 aliphatic carbocycles. The van der Waals surface area contributed by atoms with Gasteiger partial charge in [-0.2, -0.15) is 0 Å². The fourth-order valence-corrected chi connectivity index (χ4v) is 0.976. The molecule has 98 valence electrons. The Balaban J connectivity index is 3.31. The van der Waals surface area contributed by atoms with Crippen molar-refractivity contribution in [3.63, 3.8) is 0 Å². The van der Waals surface area contributed by atoms with Crippen molar-refractivity contribution in [3.8, 4) is 0 Å². The third kappa shape index (κ3) is 2.19. The van der Waals surface area contributed by atoms with E-state index in [4.69, 9.17) is 11.5 Å². The van der Waals surface area contributed by atoms with Gasteiger partial charge in [0.05, 0.1) is 0 Å². The molecule has 0 aromatic heterocycles. The standard InChI is InChI=1S/C9H6F5N3O/c10-3-4(11)6(13)8(7(14)5(3)12)17-9(18)2(16)1-15/h1H,15-16H2,(H,17,18)/b2-1+. The number of carbonyl (C=O) groups excluding carboxylic acids is 1. The molecule has 0 saturated heterocycles. The lowest BCUT2D eigenvalue weighted by Crippen LogP contribution is -2.23. The molecule has 0 unspecified atom stereocenters. The molecule has 1 aromatic carbocycles. The van der Waals surface area contributed by atoms with Crippen LogP contribution in [0.1, 0.15) is 0 Å². The summed E-state index contributed by atoms with van der Waals surface area (Å²) in [6, 6.07) is 0. The van der Waals surface area contributed by atoms with Gasteiger partial charge in [0, 0.05) is 6.20 Å². The van der Waals surface area contributed by atoms with E-state index in [1.165, 1.54) is 5.32 Å². The van der Waals surface area contributed by atoms with Gasteiger partial charge in [-0.15, -0.1) is 0 Å². The Morgan fingerprint density at radius 2 is 1.33 bits per heavy atom. The van der Waals surface area contributed by atoms with Gasteiger partial charge in [0.25, 0.3) is 5.91 Å². The minimum Gasteiger partial charge on any atom is -0.403 e. The summed E-state index contributed by atoms with van der Waals surface area (Å²) in [6.45, 7) is 0. The zero-order valence-electron chi connectivity index (χ0n) is 8.53. The lowest BCUT2D eigenvalue weighted by molar-refractivity contribution is -0.113. The number of halogens is 5. The maximum atomic E-state index is 13.1. The number of nitrogens with two attached hydrogens (primary N) is 2. The van der Waals surface area contributed by atoms with Crippen LogP contribution in [0, 0.1) is 29.1 Å². The Bertz CT molecular complexity index is 514. The molecule has 0 fully saturated rings. The molecule has 18 heavy (non-hydrogen) atoms. The zero-order chi connectivity index (χ0) is 14.0. The highest BCUT2D eigenvalue weighted by molar-refractivity contribution is 6.03. The summed E-state index contributed by atoms with van der Waals surface area (Å²) in [5.41, 5.74) is 7.68. The van der Waals surface area contributed by atoms with Crippen molar-refractivity contribution < 1.29 is 26.7 Å². The summed E-state index contributed by atoms with van der Waals surface area (Å²) >= 11 is 0. The quantitative estimate of drug-likeness (QED) is 0.324. The molecule has 0 saturated carbocycles. The van der Waals surface area contributed by atoms with Gasteiger partial charge >= 0.3 is 0 Å². The van der Waals surface area contributed by atoms with E-state index in [-0.39, 0.29) is 0 Å². The van der Waals surface area contributed by atoms with E-state index in [0.29, 0.717) is 6.20 Å². The fourth-order valence-electron chi connectivity index (χ4n) is 0.976. The van der Waals surface area contributed by atoms with Crippen LogP contribution in [0.3, 0.4) is 0 Å². The predicted octanol–water partition coefficient (Wildman–Crippen LogP) is 1.08. The number of carbonyl (C=O) groups is 1. The van der Waals surface area contributed by atoms with Crippen LogP contribution in [0.15, 0.2) is 11.9 Å². The Hall–Kier alpha value is -2.32. The van der Waals surface area contributed by atoms with Gasteiger partial charge in [0.1, 0.15) is 11.4 Å². The van der Waals surface area contributed by atoms with Crippen molar-refractivity contribution in [1.29, 1.82) is 0 Å². The minimum absolute atomic E-state index is 0.599. The maximum absolute atomic E-state index is 13.1. The monoisotopic (exact) mass is 267 g/mol. The fraction of sp³-hybridized carbons (Fsp3) is 0. The van der Waals surface area contributed by atoms with E-state index in [0.717, 1.165) is 0 Å². The first-order chi connectivity index (χ1) is 8.31. The maximum Gasteiger partial charge on any atom is 0.273 e. The second-order valence-electron chi connectivity index (χ2n) is 3.02. The van der Waals surface area contributed by atoms with Gasteiger partial charge in [-0.25, -0.2) is 22.0 Å². The van der Waals surface area contributed by atoms with Crippen LogP contribution in [0.4, 0.5) is 27.6 Å². The van der Waals surface area contributed by atoms with Crippen LogP contribution < -0.4 is 16.8 Å². The molecule has 4 nitrogen and oxygen atoms in total. The highest BCUT2D eigenvalue weighted by atomic mass is 19.2. The highest BCUT2D eigenvalue weighted by Crippen LogP contribution is 2.27. The van der Waals surface area contributed by atoms with Crippen molar-refractivity contribution in [2.75, 3.05) is 5.32 Å². The number of hydrogen-bond donors (Lipinski definition) is 3. The van der Waals surface area contributed by atoms with Gasteiger partial charge in [0.2, 0.25) is 5.82 Å². The molecule has 1 amide bonds. The first-order valence-corrected chi connectivity index (χ1v) is 4.31. The molecule has 1 rings (SSSR count). The van der Waals surface area contributed by atoms with Crippen LogP contribution >= 0.6 is 0 Å². The summed E-state index contributed by atoms with van der Waals surface area (Å²) in [5.74, 6) is -12.3. The van der Waals surface area contributed by atoms with Crippen molar-refractivity contribution in [1.82, 2.24) is 0 Å². The van der Waals surface area contributed by atoms with Crippen LogP contribution in [-0.2, 0) is 4.79 Å². The molecule has 0 radical (unpaired) electrons. The topological polar surface area (TPSA) is 81.1 Å². The lowest BCUT2D eigenvalue weighted by atomic mass is 10.2. The van der Waals surface area contributed by atoms with Crippen LogP contribution in [0.25, 0.3) is 0 Å². The molecule has 0 heterocycles. The lowest BCUT2D eigenvalue weighted by Gasteiger charge is -2.09. The molecule has 0 atom stereocenters. The Morgan fingerprint density at radius 1 is 0.944 bits per heavy atom. The number of nitrogens with one attached hydrogen (secondary N) is 1. The van der Waals surface area contributed by atoms with Crippen molar-refractivity contribution in [3.05, 3.63) is 41.0 Å². The van der Waals surface area contributed by atoms with Crippen LogP contribution in [0.2, 0.25) is 0 Å². The number of benzene rings is 1. The smallest absolute Gasteiger partial charge is 0.273 e. The zero-order valence-corrected chi connectivity index (χ0v) is 8.53. The molecule has 1 aromatic rings. The first-order valence-electron chi connectivity index (χ1n) is 4.31. The van der Waals surface area contributed by atoms with E-state index >= 15 is 0 Å². The van der Waals surface area contributed by atoms with Crippen LogP contribution in [-0.4, -0.2) is 5.91 Å². The van der Waals surface area contributed by atoms with Crippen molar-refractivity contribution in [2.24, 2.45) is 11.5 Å². The summed E-state index contributed by atoms with van der Waals surface area (Å²) in [6.07, 6.45) is 0.599. The summed E-state index contributed by atoms with van der Waals surface area (Å²) in [7, 11) is 0. The van der Waals surface area contributed by atoms with Crippen molar-refractivity contribution in [2.45, 2.75) is 0 Å². The summed E-state index contributed by atoms with van der Waals surface area (Å²) < 4.78 is 64.4. The van der Waals surface area contributed by atoms with Gasteiger partial charge in [-0.1, -0.05) is 0 Å². The van der Waals surface area contributed by atoms with Crippen LogP contribution in [0.5, 0.6) is 0 Å². The Labute approximate surface area is 97.1 Å². The number of anilines is 1. The summed E-state index contributed by atoms with van der Waals surface area (Å²) in [4.78, 5) is 11.1. The largest absolute Gasteiger partial charge is 0.403 e. The van der Waals surface area contributed by atoms with E-state index in [1.807, 2.05) is 0 Å². The molecule has 0 aliphatic heterocycles. The number of hydrogen-bond acceptors (Lipinski definition) is 3. The first kappa shape index (κ1) is 13.7. The summed E-state index contributed by atoms with van der Waals surface area (Å²) in [5, 5.41) is 1.43. The average molecular weight is 267 g/mol. The van der Waals surface area contributed by atoms with E-state index < -0.39 is 46.4 Å². The van der Waals surface area contributed by atoms with E-state index in [9.17, 15) is 26.7 Å². The van der Waals surface area contributed by atoms with Gasteiger partial charge < -0.3 is 16.8 Å². The predicted molar refractivity (Wildman–Crippen MR) is 51.3 cm³/mol. The van der Waals surface area contributed by atoms with Gasteiger partial charge in [0.15, 0.2) is 23.3 Å². The normalized spacial score (nSPS) is 11.5. The third-order valence-electron chi connectivity index (χ3n) is 1.89. The van der Waals surface area contributed by atoms with Crippen molar-refractivity contribution >= 4 is 11.6 Å². The van der Waals surface area contributed by atoms with Gasteiger partial charge in [-0.3, -0.25) is 4.79 Å². The van der Waals surface area contributed by atoms with Gasteiger partial charge in [-0.05, 0) is 0 Å². The molecule has 0 bridgehead atoms. The van der Waals surface area contributed by atoms with E-state index in [1.54, 1.807) is 0 Å². The molecular weight excluding hydrogens is 261 g/mol. The molecule has 9 heteroatoms. The second kappa shape index (κ2) is 4.90. The minimum atomic E-state index is -2.33. The number of amides is 1. The SMILES string of the molecule is N/C=C(/N)C(=O)Nc1c(F)c(F)c(F)c(F)c1F. The Morgan fingerprint density at radius 3 is 1.72 bits per heavy atom. The van der Waals surface area contributed by atoms with E-state index in [2.05, 4.69) is 0 Å². The molecule has 0 aliphatic rings. The average Bonchev–Trinajstić information content (AvgIpc) is 2.37. The third-order valence-corrected chi connectivity index (χ3v) is 1.89. The molecule has 5 N–H and O–H groups in total. The Kier molecular flexibility index (Phi) is 3.74. The highest BCUT2D eigenvalue weighted by Gasteiger charge is 2.27. The molecular formula is C9H6F5N3O. The second-order valence-corrected chi connectivity index (χ2v) is 3.02.